The molecule has 1 aromatic carbocycles. The first-order chi connectivity index (χ1) is 8.42. The van der Waals surface area contributed by atoms with E-state index in [1.807, 2.05) is 29.1 Å². The van der Waals surface area contributed by atoms with Gasteiger partial charge in [-0.1, -0.05) is 12.1 Å². The van der Waals surface area contributed by atoms with Gasteiger partial charge in [-0.15, -0.1) is 0 Å². The highest BCUT2D eigenvalue weighted by atomic mass is 15.3. The van der Waals surface area contributed by atoms with Gasteiger partial charge >= 0.3 is 0 Å². The van der Waals surface area contributed by atoms with Crippen molar-refractivity contribution < 1.29 is 0 Å². The highest BCUT2D eigenvalue weighted by Gasteiger charge is 1.97. The molecule has 0 bridgehead atoms. The molecular formula is C14H13N3. The largest absolute Gasteiger partial charge is 0.350 e. The van der Waals surface area contributed by atoms with Gasteiger partial charge in [0.15, 0.2) is 0 Å². The minimum Gasteiger partial charge on any atom is -0.350 e. The van der Waals surface area contributed by atoms with Gasteiger partial charge in [0.2, 0.25) is 0 Å². The molecule has 0 unspecified atom stereocenters. The maximum Gasteiger partial charge on any atom is 0.0645 e. The van der Waals surface area contributed by atoms with Crippen molar-refractivity contribution in [1.82, 2.24) is 14.3 Å². The van der Waals surface area contributed by atoms with E-state index in [-0.39, 0.29) is 0 Å². The first-order valence-electron chi connectivity index (χ1n) is 5.61. The molecule has 2 aromatic heterocycles. The first kappa shape index (κ1) is 9.90. The standard InChI is InChI=1S/C14H13N3/c1-2-10-16(9-1)12-13-4-6-14(7-5-13)17-11-3-8-15-17/h1-11H,12H2. The minimum atomic E-state index is 0.909. The zero-order chi connectivity index (χ0) is 11.5. The van der Waals surface area contributed by atoms with Crippen LogP contribution in [0.5, 0.6) is 0 Å². The zero-order valence-corrected chi connectivity index (χ0v) is 9.40. The van der Waals surface area contributed by atoms with Crippen molar-refractivity contribution in [3.63, 3.8) is 0 Å². The Morgan fingerprint density at radius 2 is 1.65 bits per heavy atom. The number of nitrogens with zero attached hydrogens (tertiary/aromatic N) is 3. The minimum absolute atomic E-state index is 0.909. The molecule has 0 radical (unpaired) electrons. The molecule has 3 heteroatoms. The lowest BCUT2D eigenvalue weighted by molar-refractivity contribution is 0.804. The SMILES string of the molecule is c1ccn(Cc2ccc(-n3cccn3)cc2)c1. The number of hydrogen-bond acceptors (Lipinski definition) is 1. The van der Waals surface area contributed by atoms with Crippen LogP contribution in [0.3, 0.4) is 0 Å². The lowest BCUT2D eigenvalue weighted by Crippen LogP contribution is -1.98. The van der Waals surface area contributed by atoms with Crippen LogP contribution >= 0.6 is 0 Å². The molecule has 0 fully saturated rings. The summed E-state index contributed by atoms with van der Waals surface area (Å²) in [6, 6.07) is 14.5. The molecule has 2 heterocycles. The first-order valence-corrected chi connectivity index (χ1v) is 5.61. The van der Waals surface area contributed by atoms with Crippen LogP contribution < -0.4 is 0 Å². The van der Waals surface area contributed by atoms with Crippen molar-refractivity contribution in [2.75, 3.05) is 0 Å². The molecule has 3 rings (SSSR count). The van der Waals surface area contributed by atoms with E-state index in [9.17, 15) is 0 Å². The van der Waals surface area contributed by atoms with Crippen LogP contribution in [0.1, 0.15) is 5.56 Å². The summed E-state index contributed by atoms with van der Waals surface area (Å²) in [5.41, 5.74) is 2.38. The van der Waals surface area contributed by atoms with E-state index in [0.29, 0.717) is 0 Å². The summed E-state index contributed by atoms with van der Waals surface area (Å²) >= 11 is 0. The van der Waals surface area contributed by atoms with Crippen LogP contribution in [0, 0.1) is 0 Å². The second-order valence-electron chi connectivity index (χ2n) is 3.97. The lowest BCUT2D eigenvalue weighted by Gasteiger charge is -2.05. The van der Waals surface area contributed by atoms with Gasteiger partial charge in [-0.05, 0) is 35.9 Å². The summed E-state index contributed by atoms with van der Waals surface area (Å²) in [6.45, 7) is 0.909. The Morgan fingerprint density at radius 1 is 0.882 bits per heavy atom. The summed E-state index contributed by atoms with van der Waals surface area (Å²) < 4.78 is 4.02. The molecule has 3 aromatic rings. The Bertz CT molecular complexity index is 562. The molecule has 0 aliphatic heterocycles. The fourth-order valence-electron chi connectivity index (χ4n) is 1.86. The highest BCUT2D eigenvalue weighted by Crippen LogP contribution is 2.09. The van der Waals surface area contributed by atoms with E-state index in [0.717, 1.165) is 12.2 Å². The highest BCUT2D eigenvalue weighted by molar-refractivity contribution is 5.33. The van der Waals surface area contributed by atoms with Crippen LogP contribution in [0.25, 0.3) is 5.69 Å². The Kier molecular flexibility index (Phi) is 2.50. The van der Waals surface area contributed by atoms with Crippen LogP contribution in [-0.2, 0) is 6.54 Å². The third-order valence-corrected chi connectivity index (χ3v) is 2.74. The van der Waals surface area contributed by atoms with Crippen molar-refractivity contribution in [3.05, 3.63) is 72.8 Å². The maximum atomic E-state index is 4.20. The maximum absolute atomic E-state index is 4.20. The fourth-order valence-corrected chi connectivity index (χ4v) is 1.86. The third kappa shape index (κ3) is 2.13. The third-order valence-electron chi connectivity index (χ3n) is 2.74. The van der Waals surface area contributed by atoms with Crippen molar-refractivity contribution in [2.24, 2.45) is 0 Å². The Labute approximate surface area is 99.9 Å². The molecule has 0 saturated heterocycles. The molecule has 0 aliphatic carbocycles. The van der Waals surface area contributed by atoms with Crippen molar-refractivity contribution in [2.45, 2.75) is 6.54 Å². The molecule has 0 N–H and O–H groups in total. The second kappa shape index (κ2) is 4.29. The van der Waals surface area contributed by atoms with Gasteiger partial charge in [-0.2, -0.15) is 5.10 Å². The molecule has 0 spiro atoms. The quantitative estimate of drug-likeness (QED) is 0.669. The second-order valence-corrected chi connectivity index (χ2v) is 3.97. The van der Waals surface area contributed by atoms with Crippen molar-refractivity contribution in [3.8, 4) is 5.69 Å². The van der Waals surface area contributed by atoms with Gasteiger partial charge in [-0.3, -0.25) is 0 Å². The van der Waals surface area contributed by atoms with E-state index in [4.69, 9.17) is 0 Å². The molecule has 84 valence electrons. The van der Waals surface area contributed by atoms with Crippen molar-refractivity contribution >= 4 is 0 Å². The molecule has 0 saturated carbocycles. The van der Waals surface area contributed by atoms with Gasteiger partial charge in [0.05, 0.1) is 5.69 Å². The Hall–Kier alpha value is -2.29. The van der Waals surface area contributed by atoms with Crippen LogP contribution in [0.4, 0.5) is 0 Å². The topological polar surface area (TPSA) is 22.8 Å². The number of rotatable bonds is 3. The average molecular weight is 223 g/mol. The van der Waals surface area contributed by atoms with Crippen LogP contribution in [0.2, 0.25) is 0 Å². The van der Waals surface area contributed by atoms with Gasteiger partial charge in [0.25, 0.3) is 0 Å². The molecule has 0 amide bonds. The summed E-state index contributed by atoms with van der Waals surface area (Å²) in [7, 11) is 0. The molecule has 0 atom stereocenters. The number of hydrogen-bond donors (Lipinski definition) is 0. The molecular weight excluding hydrogens is 210 g/mol. The Morgan fingerprint density at radius 3 is 2.29 bits per heavy atom. The predicted molar refractivity (Wildman–Crippen MR) is 67.1 cm³/mol. The fraction of sp³-hybridized carbons (Fsp3) is 0.0714. The van der Waals surface area contributed by atoms with Gasteiger partial charge in [0.1, 0.15) is 0 Å². The summed E-state index contributed by atoms with van der Waals surface area (Å²) in [6.07, 6.45) is 7.87. The van der Waals surface area contributed by atoms with Gasteiger partial charge < -0.3 is 4.57 Å². The summed E-state index contributed by atoms with van der Waals surface area (Å²) in [5, 5.41) is 4.20. The zero-order valence-electron chi connectivity index (χ0n) is 9.40. The molecule has 17 heavy (non-hydrogen) atoms. The van der Waals surface area contributed by atoms with Gasteiger partial charge in [-0.25, -0.2) is 4.68 Å². The molecule has 0 aliphatic rings. The average Bonchev–Trinajstić information content (AvgIpc) is 3.01. The Balaban J connectivity index is 1.81. The van der Waals surface area contributed by atoms with E-state index in [1.54, 1.807) is 6.20 Å². The van der Waals surface area contributed by atoms with E-state index in [1.165, 1.54) is 5.56 Å². The van der Waals surface area contributed by atoms with Crippen molar-refractivity contribution in [1.29, 1.82) is 0 Å². The number of benzene rings is 1. The van der Waals surface area contributed by atoms with E-state index >= 15 is 0 Å². The lowest BCUT2D eigenvalue weighted by atomic mass is 10.2. The van der Waals surface area contributed by atoms with Crippen LogP contribution in [0.15, 0.2) is 67.3 Å². The summed E-state index contributed by atoms with van der Waals surface area (Å²) in [5.74, 6) is 0. The monoisotopic (exact) mass is 223 g/mol. The predicted octanol–water partition coefficient (Wildman–Crippen LogP) is 2.72. The normalized spacial score (nSPS) is 10.6. The number of aromatic nitrogens is 3. The van der Waals surface area contributed by atoms with Gasteiger partial charge in [0, 0.05) is 31.3 Å². The van der Waals surface area contributed by atoms with Crippen LogP contribution in [-0.4, -0.2) is 14.3 Å². The van der Waals surface area contributed by atoms with E-state index in [2.05, 4.69) is 46.3 Å². The molecule has 3 nitrogen and oxygen atoms in total. The summed E-state index contributed by atoms with van der Waals surface area (Å²) in [4.78, 5) is 0. The van der Waals surface area contributed by atoms with E-state index < -0.39 is 0 Å². The smallest absolute Gasteiger partial charge is 0.0645 e.